The van der Waals surface area contributed by atoms with Gasteiger partial charge in [0.2, 0.25) is 5.75 Å². The van der Waals surface area contributed by atoms with E-state index in [1.54, 1.807) is 24.3 Å². The molecule has 3 rings (SSSR count). The van der Waals surface area contributed by atoms with E-state index in [-0.39, 0.29) is 16.6 Å². The summed E-state index contributed by atoms with van der Waals surface area (Å²) in [7, 11) is 4.50. The zero-order valence-electron chi connectivity index (χ0n) is 16.3. The normalized spacial score (nSPS) is 11.7. The first-order chi connectivity index (χ1) is 13.9. The van der Waals surface area contributed by atoms with Crippen molar-refractivity contribution in [1.82, 2.24) is 0 Å². The maximum atomic E-state index is 12.7. The molecule has 8 heteroatoms. The van der Waals surface area contributed by atoms with Crippen molar-refractivity contribution in [3.8, 4) is 34.3 Å². The van der Waals surface area contributed by atoms with Crippen LogP contribution in [0.5, 0.6) is 23.0 Å². The van der Waals surface area contributed by atoms with Gasteiger partial charge in [-0.25, -0.2) is 4.79 Å². The molecule has 0 radical (unpaired) electrons. The highest BCUT2D eigenvalue weighted by atomic mass is 16.5. The molecule has 1 aromatic heterocycles. The van der Waals surface area contributed by atoms with Crippen molar-refractivity contribution in [1.29, 1.82) is 0 Å². The molecule has 1 N–H and O–H groups in total. The summed E-state index contributed by atoms with van der Waals surface area (Å²) in [6, 6.07) is 9.26. The minimum atomic E-state index is -1.10. The van der Waals surface area contributed by atoms with E-state index in [0.717, 1.165) is 0 Å². The van der Waals surface area contributed by atoms with Crippen molar-refractivity contribution in [2.24, 2.45) is 0 Å². The molecule has 1 atom stereocenters. The van der Waals surface area contributed by atoms with Crippen LogP contribution in [0.4, 0.5) is 0 Å². The van der Waals surface area contributed by atoms with Crippen molar-refractivity contribution in [2.75, 3.05) is 21.3 Å². The van der Waals surface area contributed by atoms with Crippen LogP contribution in [0.2, 0.25) is 0 Å². The molecule has 0 aliphatic rings. The average molecular weight is 400 g/mol. The maximum absolute atomic E-state index is 12.7. The second-order valence-corrected chi connectivity index (χ2v) is 6.15. The van der Waals surface area contributed by atoms with Crippen LogP contribution >= 0.6 is 0 Å². The second-order valence-electron chi connectivity index (χ2n) is 6.15. The van der Waals surface area contributed by atoms with Crippen LogP contribution in [0.3, 0.4) is 0 Å². The van der Waals surface area contributed by atoms with Crippen molar-refractivity contribution in [3.63, 3.8) is 0 Å². The number of methoxy groups -OCH3 is 3. The Morgan fingerprint density at radius 2 is 1.66 bits per heavy atom. The molecule has 29 heavy (non-hydrogen) atoms. The number of carboxylic acids is 1. The summed E-state index contributed by atoms with van der Waals surface area (Å²) in [6.45, 7) is 1.41. The first kappa shape index (κ1) is 20.1. The zero-order chi connectivity index (χ0) is 21.1. The first-order valence-corrected chi connectivity index (χ1v) is 8.65. The van der Waals surface area contributed by atoms with Gasteiger partial charge in [-0.3, -0.25) is 4.79 Å². The third-order valence-electron chi connectivity index (χ3n) is 4.31. The Morgan fingerprint density at radius 1 is 1.00 bits per heavy atom. The third kappa shape index (κ3) is 3.96. The third-order valence-corrected chi connectivity index (χ3v) is 4.31. The van der Waals surface area contributed by atoms with Crippen molar-refractivity contribution in [2.45, 2.75) is 13.0 Å². The fourth-order valence-corrected chi connectivity index (χ4v) is 2.83. The number of ether oxygens (including phenoxy) is 4. The summed E-state index contributed by atoms with van der Waals surface area (Å²) in [5.74, 6) is 0.757. The van der Waals surface area contributed by atoms with Gasteiger partial charge in [0.15, 0.2) is 23.0 Å². The van der Waals surface area contributed by atoms with E-state index in [0.29, 0.717) is 34.2 Å². The van der Waals surface area contributed by atoms with Gasteiger partial charge in [0.05, 0.1) is 26.7 Å². The minimum absolute atomic E-state index is 0.264. The highest BCUT2D eigenvalue weighted by molar-refractivity contribution is 5.81. The lowest BCUT2D eigenvalue weighted by Crippen LogP contribution is -2.22. The zero-order valence-corrected chi connectivity index (χ0v) is 16.3. The standard InChI is InChI=1S/C21H20O8/c1-11(21(23)24)28-13-5-6-16-14(9-13)15(22)10-17(29-16)12-7-18(25-2)20(27-4)19(8-12)26-3/h5-11H,1-4H3,(H,23,24). The van der Waals surface area contributed by atoms with Gasteiger partial charge in [-0.1, -0.05) is 0 Å². The lowest BCUT2D eigenvalue weighted by Gasteiger charge is -2.14. The molecular formula is C21H20O8. The number of carbonyl (C=O) groups is 1. The molecule has 0 saturated carbocycles. The summed E-state index contributed by atoms with van der Waals surface area (Å²) in [5.41, 5.74) is 0.596. The van der Waals surface area contributed by atoms with Gasteiger partial charge < -0.3 is 28.5 Å². The van der Waals surface area contributed by atoms with E-state index >= 15 is 0 Å². The van der Waals surface area contributed by atoms with Gasteiger partial charge in [0.25, 0.3) is 0 Å². The first-order valence-electron chi connectivity index (χ1n) is 8.65. The highest BCUT2D eigenvalue weighted by Gasteiger charge is 2.17. The number of rotatable bonds is 7. The summed E-state index contributed by atoms with van der Waals surface area (Å²) in [5, 5.41) is 9.24. The van der Waals surface area contributed by atoms with Gasteiger partial charge >= 0.3 is 5.97 Å². The van der Waals surface area contributed by atoms with Gasteiger partial charge in [-0.05, 0) is 37.3 Å². The molecule has 1 heterocycles. The van der Waals surface area contributed by atoms with Crippen molar-refractivity contribution in [3.05, 3.63) is 46.6 Å². The quantitative estimate of drug-likeness (QED) is 0.644. The highest BCUT2D eigenvalue weighted by Crippen LogP contribution is 2.41. The fourth-order valence-electron chi connectivity index (χ4n) is 2.83. The Balaban J connectivity index is 2.08. The molecule has 0 aliphatic heterocycles. The predicted molar refractivity (Wildman–Crippen MR) is 105 cm³/mol. The van der Waals surface area contributed by atoms with Crippen LogP contribution in [0.25, 0.3) is 22.3 Å². The molecule has 3 aromatic rings. The van der Waals surface area contributed by atoms with Crippen LogP contribution in [0.1, 0.15) is 6.92 Å². The van der Waals surface area contributed by atoms with Gasteiger partial charge in [-0.15, -0.1) is 0 Å². The summed E-state index contributed by atoms with van der Waals surface area (Å²) in [4.78, 5) is 23.6. The summed E-state index contributed by atoms with van der Waals surface area (Å²) in [6.07, 6.45) is -1.04. The number of benzene rings is 2. The van der Waals surface area contributed by atoms with Crippen LogP contribution in [-0.4, -0.2) is 38.5 Å². The Bertz CT molecular complexity index is 1090. The Kier molecular flexibility index (Phi) is 5.63. The van der Waals surface area contributed by atoms with E-state index in [2.05, 4.69) is 0 Å². The molecule has 2 aromatic carbocycles. The van der Waals surface area contributed by atoms with Gasteiger partial charge in [0.1, 0.15) is 17.1 Å². The molecule has 0 aliphatic carbocycles. The number of carboxylic acid groups (broad SMARTS) is 1. The topological polar surface area (TPSA) is 104 Å². The monoisotopic (exact) mass is 400 g/mol. The molecule has 0 bridgehead atoms. The lowest BCUT2D eigenvalue weighted by atomic mass is 10.1. The second kappa shape index (κ2) is 8.14. The van der Waals surface area contributed by atoms with Crippen molar-refractivity contribution >= 4 is 16.9 Å². The maximum Gasteiger partial charge on any atom is 0.344 e. The predicted octanol–water partition coefficient (Wildman–Crippen LogP) is 3.34. The van der Waals surface area contributed by atoms with E-state index in [9.17, 15) is 9.59 Å². The van der Waals surface area contributed by atoms with Crippen molar-refractivity contribution < 1.29 is 33.3 Å². The Labute approximate surface area is 166 Å². The van der Waals surface area contributed by atoms with Crippen LogP contribution in [0.15, 0.2) is 45.6 Å². The minimum Gasteiger partial charge on any atom is -0.493 e. The molecule has 0 fully saturated rings. The van der Waals surface area contributed by atoms with Crippen LogP contribution in [0, 0.1) is 0 Å². The largest absolute Gasteiger partial charge is 0.493 e. The van der Waals surface area contributed by atoms with Gasteiger partial charge in [-0.2, -0.15) is 0 Å². The molecule has 1 unspecified atom stereocenters. The fraction of sp³-hybridized carbons (Fsp3) is 0.238. The SMILES string of the molecule is COc1cc(-c2cc(=O)c3cc(OC(C)C(=O)O)ccc3o2)cc(OC)c1OC. The number of aliphatic carboxylic acids is 1. The summed E-state index contributed by atoms with van der Waals surface area (Å²) < 4.78 is 27.2. The van der Waals surface area contributed by atoms with E-state index in [1.807, 2.05) is 0 Å². The molecule has 0 spiro atoms. The molecule has 0 amide bonds. The smallest absolute Gasteiger partial charge is 0.344 e. The van der Waals surface area contributed by atoms with Gasteiger partial charge in [0, 0.05) is 11.6 Å². The number of hydrogen-bond donors (Lipinski definition) is 1. The molecule has 0 saturated heterocycles. The Morgan fingerprint density at radius 3 is 2.21 bits per heavy atom. The Hall–Kier alpha value is -3.68. The average Bonchev–Trinajstić information content (AvgIpc) is 2.72. The van der Waals surface area contributed by atoms with E-state index in [1.165, 1.54) is 40.4 Å². The van der Waals surface area contributed by atoms with Crippen LogP contribution in [-0.2, 0) is 4.79 Å². The number of hydrogen-bond acceptors (Lipinski definition) is 7. The van der Waals surface area contributed by atoms with E-state index < -0.39 is 12.1 Å². The lowest BCUT2D eigenvalue weighted by molar-refractivity contribution is -0.144. The molecule has 8 nitrogen and oxygen atoms in total. The summed E-state index contributed by atoms with van der Waals surface area (Å²) >= 11 is 0. The molecule has 152 valence electrons. The van der Waals surface area contributed by atoms with Crippen LogP contribution < -0.4 is 24.4 Å². The van der Waals surface area contributed by atoms with E-state index in [4.69, 9.17) is 28.5 Å². The molecular weight excluding hydrogens is 380 g/mol. The number of fused-ring (bicyclic) bond motifs is 1.